The van der Waals surface area contributed by atoms with Crippen LogP contribution in [0.25, 0.3) is 0 Å². The summed E-state index contributed by atoms with van der Waals surface area (Å²) in [4.78, 5) is 26.6. The second-order valence-electron chi connectivity index (χ2n) is 7.36. The number of hydrogen-bond donors (Lipinski definition) is 2. The number of esters is 1. The van der Waals surface area contributed by atoms with Crippen LogP contribution in [-0.2, 0) is 11.3 Å². The summed E-state index contributed by atoms with van der Waals surface area (Å²) in [6.07, 6.45) is 3.73. The first kappa shape index (κ1) is 21.5. The highest BCUT2D eigenvalue weighted by Crippen LogP contribution is 2.31. The first-order valence-corrected chi connectivity index (χ1v) is 10.2. The van der Waals surface area contributed by atoms with E-state index in [0.717, 1.165) is 31.2 Å². The predicted octanol–water partition coefficient (Wildman–Crippen LogP) is 4.55. The fourth-order valence-electron chi connectivity index (χ4n) is 3.05. The van der Waals surface area contributed by atoms with E-state index < -0.39 is 0 Å². The molecule has 2 aromatic carbocycles. The molecule has 0 aromatic heterocycles. The second kappa shape index (κ2) is 10.0. The smallest absolute Gasteiger partial charge is 0.338 e. The topological polar surface area (TPSA) is 88.1 Å². The van der Waals surface area contributed by atoms with E-state index in [1.807, 2.05) is 6.92 Å². The number of nitrogens with one attached hydrogen (secondary N) is 1. The lowest BCUT2D eigenvalue weighted by Crippen LogP contribution is -2.36. The number of rotatable bonds is 9. The SMILES string of the molecule is CCCCOC(=O)c1ccc(NC(=O)N(Cc2ccc(O)c(OC)c2)C2CC2)cc1. The second-order valence-corrected chi connectivity index (χ2v) is 7.36. The molecule has 0 heterocycles. The van der Waals surface area contributed by atoms with Gasteiger partial charge in [-0.25, -0.2) is 9.59 Å². The molecule has 2 aromatic rings. The number of nitrogens with zero attached hydrogens (tertiary/aromatic N) is 1. The van der Waals surface area contributed by atoms with Crippen LogP contribution in [0.2, 0.25) is 0 Å². The van der Waals surface area contributed by atoms with Crippen LogP contribution >= 0.6 is 0 Å². The maximum atomic E-state index is 12.9. The zero-order valence-corrected chi connectivity index (χ0v) is 17.4. The maximum absolute atomic E-state index is 12.9. The molecule has 1 saturated carbocycles. The van der Waals surface area contributed by atoms with Crippen molar-refractivity contribution in [2.45, 2.75) is 45.2 Å². The number of phenolic OH excluding ortho intramolecular Hbond substituents is 1. The van der Waals surface area contributed by atoms with Crippen molar-refractivity contribution >= 4 is 17.7 Å². The van der Waals surface area contributed by atoms with Crippen molar-refractivity contribution < 1.29 is 24.2 Å². The summed E-state index contributed by atoms with van der Waals surface area (Å²) >= 11 is 0. The van der Waals surface area contributed by atoms with Gasteiger partial charge >= 0.3 is 12.0 Å². The molecule has 0 spiro atoms. The van der Waals surface area contributed by atoms with E-state index in [-0.39, 0.29) is 23.8 Å². The van der Waals surface area contributed by atoms with E-state index in [2.05, 4.69) is 5.32 Å². The third kappa shape index (κ3) is 5.65. The Hall–Kier alpha value is -3.22. The first-order valence-electron chi connectivity index (χ1n) is 10.2. The van der Waals surface area contributed by atoms with Crippen molar-refractivity contribution in [3.05, 3.63) is 53.6 Å². The zero-order valence-electron chi connectivity index (χ0n) is 17.4. The molecule has 0 atom stereocenters. The molecule has 7 heteroatoms. The molecule has 0 radical (unpaired) electrons. The molecule has 30 heavy (non-hydrogen) atoms. The van der Waals surface area contributed by atoms with E-state index in [1.54, 1.807) is 47.4 Å². The number of ether oxygens (including phenoxy) is 2. The minimum absolute atomic E-state index is 0.0667. The highest BCUT2D eigenvalue weighted by atomic mass is 16.5. The normalized spacial score (nSPS) is 12.9. The summed E-state index contributed by atoms with van der Waals surface area (Å²) in [6, 6.07) is 11.8. The predicted molar refractivity (Wildman–Crippen MR) is 114 cm³/mol. The summed E-state index contributed by atoms with van der Waals surface area (Å²) in [5.41, 5.74) is 1.94. The Kier molecular flexibility index (Phi) is 7.17. The Morgan fingerprint density at radius 2 is 1.90 bits per heavy atom. The van der Waals surface area contributed by atoms with E-state index >= 15 is 0 Å². The van der Waals surface area contributed by atoms with Crippen molar-refractivity contribution in [1.29, 1.82) is 0 Å². The monoisotopic (exact) mass is 412 g/mol. The van der Waals surface area contributed by atoms with Gasteiger partial charge in [-0.2, -0.15) is 0 Å². The third-order valence-corrected chi connectivity index (χ3v) is 4.95. The van der Waals surface area contributed by atoms with Gasteiger partial charge in [0.05, 0.1) is 19.3 Å². The number of amides is 2. The molecular formula is C23H28N2O5. The average molecular weight is 412 g/mol. The number of hydrogen-bond acceptors (Lipinski definition) is 5. The van der Waals surface area contributed by atoms with Gasteiger partial charge in [0.2, 0.25) is 0 Å². The number of anilines is 1. The zero-order chi connectivity index (χ0) is 21.5. The van der Waals surface area contributed by atoms with Crippen molar-refractivity contribution in [2.24, 2.45) is 0 Å². The van der Waals surface area contributed by atoms with Gasteiger partial charge in [-0.1, -0.05) is 19.4 Å². The molecule has 0 aliphatic heterocycles. The summed E-state index contributed by atoms with van der Waals surface area (Å²) in [5.74, 6) is 0.0873. The van der Waals surface area contributed by atoms with E-state index in [0.29, 0.717) is 30.2 Å². The number of carbonyl (C=O) groups is 2. The number of urea groups is 1. The van der Waals surface area contributed by atoms with Crippen molar-refractivity contribution in [3.8, 4) is 11.5 Å². The van der Waals surface area contributed by atoms with Crippen LogP contribution in [0.1, 0.15) is 48.5 Å². The molecule has 2 amide bonds. The Bertz CT molecular complexity index is 878. The van der Waals surface area contributed by atoms with E-state index in [1.165, 1.54) is 7.11 Å². The molecule has 160 valence electrons. The summed E-state index contributed by atoms with van der Waals surface area (Å²) in [6.45, 7) is 2.86. The summed E-state index contributed by atoms with van der Waals surface area (Å²) < 4.78 is 10.4. The number of unbranched alkanes of at least 4 members (excludes halogenated alkanes) is 1. The lowest BCUT2D eigenvalue weighted by atomic mass is 10.2. The van der Waals surface area contributed by atoms with Crippen LogP contribution in [0, 0.1) is 0 Å². The highest BCUT2D eigenvalue weighted by molar-refractivity contribution is 5.92. The van der Waals surface area contributed by atoms with Crippen molar-refractivity contribution in [3.63, 3.8) is 0 Å². The van der Waals surface area contributed by atoms with Crippen LogP contribution in [-0.4, -0.2) is 41.8 Å². The Morgan fingerprint density at radius 1 is 1.17 bits per heavy atom. The fourth-order valence-corrected chi connectivity index (χ4v) is 3.05. The highest BCUT2D eigenvalue weighted by Gasteiger charge is 2.32. The molecule has 2 N–H and O–H groups in total. The van der Waals surface area contributed by atoms with Crippen molar-refractivity contribution in [2.75, 3.05) is 19.0 Å². The minimum atomic E-state index is -0.359. The van der Waals surface area contributed by atoms with Crippen molar-refractivity contribution in [1.82, 2.24) is 4.90 Å². The van der Waals surface area contributed by atoms with Crippen LogP contribution in [0.15, 0.2) is 42.5 Å². The fraction of sp³-hybridized carbons (Fsp3) is 0.391. The van der Waals surface area contributed by atoms with Crippen LogP contribution in [0.4, 0.5) is 10.5 Å². The minimum Gasteiger partial charge on any atom is -0.504 e. The van der Waals surface area contributed by atoms with Gasteiger partial charge in [0.1, 0.15) is 0 Å². The quantitative estimate of drug-likeness (QED) is 0.466. The van der Waals surface area contributed by atoms with E-state index in [4.69, 9.17) is 9.47 Å². The molecule has 1 fully saturated rings. The van der Waals surface area contributed by atoms with Gasteiger partial charge in [-0.15, -0.1) is 0 Å². The standard InChI is InChI=1S/C23H28N2O5/c1-3-4-13-30-22(27)17-6-8-18(9-7-17)24-23(28)25(19-10-11-19)15-16-5-12-20(26)21(14-16)29-2/h5-9,12,14,19,26H,3-4,10-11,13,15H2,1-2H3,(H,24,28). The molecule has 1 aliphatic carbocycles. The average Bonchev–Trinajstić information content (AvgIpc) is 3.58. The van der Waals surface area contributed by atoms with Gasteiger partial charge in [-0.3, -0.25) is 0 Å². The molecule has 0 unspecified atom stereocenters. The van der Waals surface area contributed by atoms with Crippen LogP contribution in [0.3, 0.4) is 0 Å². The molecule has 0 bridgehead atoms. The number of methoxy groups -OCH3 is 1. The number of aromatic hydroxyl groups is 1. The number of benzene rings is 2. The lowest BCUT2D eigenvalue weighted by molar-refractivity contribution is 0.0499. The molecule has 0 saturated heterocycles. The lowest BCUT2D eigenvalue weighted by Gasteiger charge is -2.23. The summed E-state index contributed by atoms with van der Waals surface area (Å²) in [7, 11) is 1.49. The van der Waals surface area contributed by atoms with Gasteiger partial charge in [-0.05, 0) is 61.2 Å². The van der Waals surface area contributed by atoms with E-state index in [9.17, 15) is 14.7 Å². The van der Waals surface area contributed by atoms with Gasteiger partial charge in [0.15, 0.2) is 11.5 Å². The largest absolute Gasteiger partial charge is 0.504 e. The number of phenols is 1. The number of carbonyl (C=O) groups excluding carboxylic acids is 2. The van der Waals surface area contributed by atoms with Gasteiger partial charge in [0, 0.05) is 18.3 Å². The van der Waals surface area contributed by atoms with Gasteiger partial charge < -0.3 is 24.8 Å². The summed E-state index contributed by atoms with van der Waals surface area (Å²) in [5, 5.41) is 12.7. The van der Waals surface area contributed by atoms with Crippen LogP contribution in [0.5, 0.6) is 11.5 Å². The molecular weight excluding hydrogens is 384 g/mol. The Labute approximate surface area is 176 Å². The first-order chi connectivity index (χ1) is 14.5. The Morgan fingerprint density at radius 3 is 2.53 bits per heavy atom. The van der Waals surface area contributed by atoms with Crippen LogP contribution < -0.4 is 10.1 Å². The maximum Gasteiger partial charge on any atom is 0.338 e. The Balaban J connectivity index is 1.62. The molecule has 3 rings (SSSR count). The third-order valence-electron chi connectivity index (χ3n) is 4.95. The molecule has 7 nitrogen and oxygen atoms in total. The van der Waals surface area contributed by atoms with Gasteiger partial charge in [0.25, 0.3) is 0 Å². The molecule has 1 aliphatic rings.